The number of hydrogen-bond donors (Lipinski definition) is 1. The number of rotatable bonds is 6. The van der Waals surface area contributed by atoms with E-state index in [4.69, 9.17) is 4.74 Å². The van der Waals surface area contributed by atoms with E-state index in [-0.39, 0.29) is 18.2 Å². The number of benzene rings is 2. The molecule has 0 radical (unpaired) electrons. The first-order chi connectivity index (χ1) is 11.3. The van der Waals surface area contributed by atoms with Crippen LogP contribution in [0.3, 0.4) is 0 Å². The molecule has 0 saturated carbocycles. The molecule has 2 rings (SSSR count). The summed E-state index contributed by atoms with van der Waals surface area (Å²) in [4.78, 5) is 11.6. The quantitative estimate of drug-likeness (QED) is 0.816. The first-order valence-corrected chi connectivity index (χ1v) is 7.16. The monoisotopic (exact) mass is 341 g/mol. The normalized spacial score (nSPS) is 11.2. The first-order valence-electron chi connectivity index (χ1n) is 7.16. The molecule has 0 unspecified atom stereocenters. The fourth-order valence-corrected chi connectivity index (χ4v) is 1.94. The van der Waals surface area contributed by atoms with Crippen LogP contribution in [0.1, 0.15) is 11.1 Å². The molecule has 0 aliphatic heterocycles. The number of halogens is 4. The number of alkyl halides is 3. The van der Waals surface area contributed by atoms with E-state index in [0.717, 1.165) is 29.8 Å². The van der Waals surface area contributed by atoms with Crippen LogP contribution in [-0.2, 0) is 17.4 Å². The second-order valence-electron chi connectivity index (χ2n) is 5.04. The zero-order chi connectivity index (χ0) is 17.6. The third-order valence-corrected chi connectivity index (χ3v) is 3.20. The van der Waals surface area contributed by atoms with Crippen molar-refractivity contribution in [3.8, 4) is 5.75 Å². The largest absolute Gasteiger partial charge is 0.484 e. The molecule has 0 spiro atoms. The van der Waals surface area contributed by atoms with E-state index in [1.165, 1.54) is 12.1 Å². The van der Waals surface area contributed by atoms with Gasteiger partial charge in [-0.3, -0.25) is 4.79 Å². The average Bonchev–Trinajstić information content (AvgIpc) is 2.54. The zero-order valence-electron chi connectivity index (χ0n) is 12.6. The number of carbonyl (C=O) groups is 1. The third kappa shape index (κ3) is 5.57. The van der Waals surface area contributed by atoms with Gasteiger partial charge in [0, 0.05) is 6.54 Å². The maximum absolute atomic E-state index is 12.7. The molecule has 0 bridgehead atoms. The molecule has 0 atom stereocenters. The predicted molar refractivity (Wildman–Crippen MR) is 80.1 cm³/mol. The summed E-state index contributed by atoms with van der Waals surface area (Å²) in [7, 11) is 0. The molecule has 2 aromatic carbocycles. The maximum atomic E-state index is 12.7. The SMILES string of the molecule is O=C(COc1ccc(C(F)(F)F)cc1)NCCc1ccc(F)cc1. The lowest BCUT2D eigenvalue weighted by Gasteiger charge is -2.09. The highest BCUT2D eigenvalue weighted by molar-refractivity contribution is 5.77. The molecule has 0 aliphatic rings. The molecule has 2 aromatic rings. The fourth-order valence-electron chi connectivity index (χ4n) is 1.94. The highest BCUT2D eigenvalue weighted by Crippen LogP contribution is 2.30. The van der Waals surface area contributed by atoms with Crippen LogP contribution in [0.4, 0.5) is 17.6 Å². The summed E-state index contributed by atoms with van der Waals surface area (Å²) >= 11 is 0. The van der Waals surface area contributed by atoms with Crippen LogP contribution in [0.5, 0.6) is 5.75 Å². The Labute approximate surface area is 136 Å². The van der Waals surface area contributed by atoms with Gasteiger partial charge >= 0.3 is 6.18 Å². The molecule has 0 aromatic heterocycles. The standard InChI is InChI=1S/C17H15F4NO2/c18-14-5-1-12(2-6-14)9-10-22-16(23)11-24-15-7-3-13(4-8-15)17(19,20)21/h1-8H,9-11H2,(H,22,23). The van der Waals surface area contributed by atoms with Gasteiger partial charge < -0.3 is 10.1 Å². The summed E-state index contributed by atoms with van der Waals surface area (Å²) in [5.41, 5.74) is 0.0963. The molecule has 0 heterocycles. The Hall–Kier alpha value is -2.57. The lowest BCUT2D eigenvalue weighted by Crippen LogP contribution is -2.30. The smallest absolute Gasteiger partial charge is 0.416 e. The van der Waals surface area contributed by atoms with Crippen molar-refractivity contribution in [2.45, 2.75) is 12.6 Å². The second kappa shape index (κ2) is 7.81. The summed E-state index contributed by atoms with van der Waals surface area (Å²) in [5, 5.41) is 2.61. The lowest BCUT2D eigenvalue weighted by molar-refractivity contribution is -0.137. The van der Waals surface area contributed by atoms with Crippen LogP contribution >= 0.6 is 0 Å². The molecule has 24 heavy (non-hydrogen) atoms. The van der Waals surface area contributed by atoms with Crippen LogP contribution in [-0.4, -0.2) is 19.1 Å². The summed E-state index contributed by atoms with van der Waals surface area (Å²) in [6, 6.07) is 10.0. The molecular formula is C17H15F4NO2. The Morgan fingerprint density at radius 2 is 1.62 bits per heavy atom. The van der Waals surface area contributed by atoms with Gasteiger partial charge in [-0.1, -0.05) is 12.1 Å². The molecule has 0 fully saturated rings. The number of nitrogens with one attached hydrogen (secondary N) is 1. The molecule has 0 aliphatic carbocycles. The molecule has 0 saturated heterocycles. The number of ether oxygens (including phenoxy) is 1. The van der Waals surface area contributed by atoms with Crippen molar-refractivity contribution in [1.82, 2.24) is 5.32 Å². The number of hydrogen-bond acceptors (Lipinski definition) is 2. The molecule has 1 N–H and O–H groups in total. The minimum absolute atomic E-state index is 0.177. The average molecular weight is 341 g/mol. The van der Waals surface area contributed by atoms with Crippen molar-refractivity contribution >= 4 is 5.91 Å². The van der Waals surface area contributed by atoms with Crippen LogP contribution in [0, 0.1) is 5.82 Å². The van der Waals surface area contributed by atoms with Crippen molar-refractivity contribution in [2.75, 3.05) is 13.2 Å². The minimum atomic E-state index is -4.41. The second-order valence-corrected chi connectivity index (χ2v) is 5.04. The van der Waals surface area contributed by atoms with E-state index in [1.54, 1.807) is 12.1 Å². The van der Waals surface area contributed by atoms with Crippen LogP contribution in [0.2, 0.25) is 0 Å². The zero-order valence-corrected chi connectivity index (χ0v) is 12.6. The molecule has 128 valence electrons. The van der Waals surface area contributed by atoms with Crippen molar-refractivity contribution in [3.63, 3.8) is 0 Å². The first kappa shape index (κ1) is 17.8. The predicted octanol–water partition coefficient (Wildman–Crippen LogP) is 3.58. The van der Waals surface area contributed by atoms with Gasteiger partial charge in [-0.2, -0.15) is 13.2 Å². The fraction of sp³-hybridized carbons (Fsp3) is 0.235. The maximum Gasteiger partial charge on any atom is 0.416 e. The molecule has 3 nitrogen and oxygen atoms in total. The summed E-state index contributed by atoms with van der Waals surface area (Å²) in [5.74, 6) is -0.540. The van der Waals surface area contributed by atoms with E-state index in [9.17, 15) is 22.4 Å². The Balaban J connectivity index is 1.72. The third-order valence-electron chi connectivity index (χ3n) is 3.20. The summed E-state index contributed by atoms with van der Waals surface area (Å²) in [6.07, 6.45) is -3.87. The number of carbonyl (C=O) groups excluding carboxylic acids is 1. The Morgan fingerprint density at radius 3 is 2.21 bits per heavy atom. The van der Waals surface area contributed by atoms with Gasteiger partial charge in [-0.05, 0) is 48.4 Å². The van der Waals surface area contributed by atoms with Gasteiger partial charge in [0.1, 0.15) is 11.6 Å². The van der Waals surface area contributed by atoms with E-state index in [0.29, 0.717) is 13.0 Å². The van der Waals surface area contributed by atoms with Gasteiger partial charge in [0.15, 0.2) is 6.61 Å². The van der Waals surface area contributed by atoms with Crippen molar-refractivity contribution in [3.05, 3.63) is 65.5 Å². The molecular weight excluding hydrogens is 326 g/mol. The van der Waals surface area contributed by atoms with Crippen LogP contribution in [0.15, 0.2) is 48.5 Å². The van der Waals surface area contributed by atoms with Crippen LogP contribution in [0.25, 0.3) is 0 Å². The molecule has 7 heteroatoms. The van der Waals surface area contributed by atoms with Crippen molar-refractivity contribution in [2.24, 2.45) is 0 Å². The summed E-state index contributed by atoms with van der Waals surface area (Å²) in [6.45, 7) is 0.0512. The van der Waals surface area contributed by atoms with E-state index >= 15 is 0 Å². The van der Waals surface area contributed by atoms with Gasteiger partial charge in [0.25, 0.3) is 5.91 Å². The van der Waals surface area contributed by atoms with Gasteiger partial charge in [-0.15, -0.1) is 0 Å². The van der Waals surface area contributed by atoms with E-state index < -0.39 is 17.6 Å². The van der Waals surface area contributed by atoms with Crippen molar-refractivity contribution in [1.29, 1.82) is 0 Å². The molecule has 1 amide bonds. The van der Waals surface area contributed by atoms with Crippen molar-refractivity contribution < 1.29 is 27.1 Å². The minimum Gasteiger partial charge on any atom is -0.484 e. The van der Waals surface area contributed by atoms with E-state index in [2.05, 4.69) is 5.32 Å². The Bertz CT molecular complexity index is 666. The van der Waals surface area contributed by atoms with Gasteiger partial charge in [-0.25, -0.2) is 4.39 Å². The van der Waals surface area contributed by atoms with Crippen LogP contribution < -0.4 is 10.1 Å². The van der Waals surface area contributed by atoms with E-state index in [1.807, 2.05) is 0 Å². The van der Waals surface area contributed by atoms with Gasteiger partial charge in [0.2, 0.25) is 0 Å². The van der Waals surface area contributed by atoms with Gasteiger partial charge in [0.05, 0.1) is 5.56 Å². The number of amides is 1. The topological polar surface area (TPSA) is 38.3 Å². The Kier molecular flexibility index (Phi) is 5.78. The highest BCUT2D eigenvalue weighted by Gasteiger charge is 2.30. The Morgan fingerprint density at radius 1 is 1.00 bits per heavy atom. The highest BCUT2D eigenvalue weighted by atomic mass is 19.4. The lowest BCUT2D eigenvalue weighted by atomic mass is 10.1. The summed E-state index contributed by atoms with van der Waals surface area (Å²) < 4.78 is 55.1.